The molecule has 0 saturated heterocycles. The molecule has 0 N–H and O–H groups in total. The summed E-state index contributed by atoms with van der Waals surface area (Å²) in [5, 5.41) is 6.25. The van der Waals surface area contributed by atoms with E-state index in [1.54, 1.807) is 35.2 Å². The van der Waals surface area contributed by atoms with E-state index in [0.29, 0.717) is 0 Å². The Morgan fingerprint density at radius 3 is 0.488 bits per heavy atom. The first-order valence-corrected chi connectivity index (χ1v) is 40.9. The molecular weight excluding hydrogens is 1520 g/mol. The standard InChI is InChI=1S/C26H24P2.4C12H8Ge.CH2Cl2.Pt/c1-5-13-23(14-6-1)27(24-15-7-2-8-16-24)21-22-28(25-17-9-3-10-18-25)26-19-11-4-12-20-26;4*1-3-7-11-9(5-1)10-6-2-4-8-12(10)13-11;2-1-3;/h1-20H,21-22H2;4*1-8H;1H2;/q;;;;;;+2/p+2. The first-order chi connectivity index (χ1) is 41.1. The van der Waals surface area contributed by atoms with Gasteiger partial charge >= 0.3 is 357 Å². The minimum absolute atomic E-state index is 0. The molecule has 406 valence electrons. The third-order valence-electron chi connectivity index (χ3n) is 14.8. The summed E-state index contributed by atoms with van der Waals surface area (Å²) in [6, 6.07) is 115. The summed E-state index contributed by atoms with van der Waals surface area (Å²) in [6.45, 7) is 0. The molecule has 4 aliphatic heterocycles. The third-order valence-corrected chi connectivity index (χ3v) is 32.7. The minimum atomic E-state index is -0.783. The fourth-order valence-electron chi connectivity index (χ4n) is 10.9. The molecule has 0 spiro atoms. The van der Waals surface area contributed by atoms with Gasteiger partial charge in [0.2, 0.25) is 0 Å². The molecule has 12 aromatic carbocycles. The van der Waals surface area contributed by atoms with Crippen LogP contribution in [0.2, 0.25) is 0 Å². The monoisotopic (exact) mass is 1580 g/mol. The summed E-state index contributed by atoms with van der Waals surface area (Å²) < 4.78 is 12.7. The van der Waals surface area contributed by atoms with Crippen molar-refractivity contribution in [1.82, 2.24) is 0 Å². The number of hydrogen-bond donors (Lipinski definition) is 0. The van der Waals surface area contributed by atoms with Crippen LogP contribution >= 0.6 is 39.0 Å². The van der Waals surface area contributed by atoms with Crippen molar-refractivity contribution >= 4 is 157 Å². The van der Waals surface area contributed by atoms with E-state index in [-0.39, 0.29) is 88.1 Å². The average molecular weight is 1580 g/mol. The van der Waals surface area contributed by atoms with E-state index < -0.39 is 15.8 Å². The number of alkyl halides is 2. The molecule has 0 atom stereocenters. The summed E-state index contributed by atoms with van der Waals surface area (Å²) in [5.74, 6) is 0. The van der Waals surface area contributed by atoms with Crippen LogP contribution in [0.15, 0.2) is 315 Å². The van der Waals surface area contributed by atoms with E-state index in [1.807, 2.05) is 0 Å². The Morgan fingerprint density at radius 2 is 0.333 bits per heavy atom. The van der Waals surface area contributed by atoms with Crippen LogP contribution in [0.3, 0.4) is 0 Å². The van der Waals surface area contributed by atoms with E-state index >= 15 is 0 Å². The normalized spacial score (nSPS) is 11.5. The maximum absolute atomic E-state index is 4.76. The third kappa shape index (κ3) is 15.7. The molecule has 0 nitrogen and oxygen atoms in total. The van der Waals surface area contributed by atoms with Gasteiger partial charge in [-0.05, 0) is 48.5 Å². The second-order valence-corrected chi connectivity index (χ2v) is 37.1. The molecule has 0 saturated carbocycles. The Bertz CT molecular complexity index is 3330. The van der Waals surface area contributed by atoms with Crippen LogP contribution in [-0.4, -0.2) is 79.4 Å². The van der Waals surface area contributed by atoms with Gasteiger partial charge in [0.15, 0.2) is 0 Å². The van der Waals surface area contributed by atoms with Crippen molar-refractivity contribution in [3.8, 4) is 44.5 Å². The van der Waals surface area contributed by atoms with Crippen LogP contribution in [0.25, 0.3) is 44.5 Å². The summed E-state index contributed by atoms with van der Waals surface area (Å²) in [7, 11) is -1.57. The Labute approximate surface area is 550 Å². The zero-order valence-electron chi connectivity index (χ0n) is 46.2. The first-order valence-electron chi connectivity index (χ1n) is 28.0. The van der Waals surface area contributed by atoms with E-state index in [9.17, 15) is 0 Å². The summed E-state index contributed by atoms with van der Waals surface area (Å²) in [5.41, 5.74) is 11.8. The fourth-order valence-corrected chi connectivity index (χ4v) is 28.5. The number of halogens is 2. The molecule has 8 radical (unpaired) electrons. The Morgan fingerprint density at radius 1 is 0.202 bits per heavy atom. The van der Waals surface area contributed by atoms with Crippen LogP contribution in [-0.2, 0) is 21.1 Å². The molecule has 4 heterocycles. The molecule has 4 aliphatic rings. The van der Waals surface area contributed by atoms with Gasteiger partial charge in [0.05, 0.1) is 42.4 Å². The molecule has 0 bridgehead atoms. The summed E-state index contributed by atoms with van der Waals surface area (Å²) in [6.07, 6.45) is 2.52. The van der Waals surface area contributed by atoms with Crippen LogP contribution in [0, 0.1) is 0 Å². The van der Waals surface area contributed by atoms with Gasteiger partial charge in [-0.25, -0.2) is 0 Å². The van der Waals surface area contributed by atoms with Gasteiger partial charge in [-0.3, -0.25) is 0 Å². The molecule has 0 unspecified atom stereocenters. The van der Waals surface area contributed by atoms with Gasteiger partial charge in [-0.15, -0.1) is 23.2 Å². The van der Waals surface area contributed by atoms with Gasteiger partial charge in [-0.1, -0.05) is 72.8 Å². The Hall–Kier alpha value is -5.06. The summed E-state index contributed by atoms with van der Waals surface area (Å²) >= 11 is 9.39. The van der Waals surface area contributed by atoms with E-state index in [0.717, 1.165) is 0 Å². The van der Waals surface area contributed by atoms with Crippen molar-refractivity contribution in [3.05, 3.63) is 315 Å². The van der Waals surface area contributed by atoms with Crippen molar-refractivity contribution in [3.63, 3.8) is 0 Å². The fraction of sp³-hybridized carbons (Fsp3) is 0.0400. The van der Waals surface area contributed by atoms with E-state index in [4.69, 9.17) is 23.2 Å². The molecule has 84 heavy (non-hydrogen) atoms. The van der Waals surface area contributed by atoms with Gasteiger partial charge in [0.25, 0.3) is 0 Å². The van der Waals surface area contributed by atoms with E-state index in [2.05, 4.69) is 315 Å². The first kappa shape index (κ1) is 62.0. The predicted octanol–water partition coefficient (Wildman–Crippen LogP) is 11.4. The van der Waals surface area contributed by atoms with Crippen molar-refractivity contribution in [2.24, 2.45) is 0 Å². The Balaban J connectivity index is 0.000000120. The van der Waals surface area contributed by atoms with Crippen molar-refractivity contribution in [2.75, 3.05) is 17.7 Å². The van der Waals surface area contributed by atoms with Crippen molar-refractivity contribution in [2.45, 2.75) is 0 Å². The quantitative estimate of drug-likeness (QED) is 0.0848. The summed E-state index contributed by atoms with van der Waals surface area (Å²) in [4.78, 5) is 0. The van der Waals surface area contributed by atoms with Crippen LogP contribution in [0.5, 0.6) is 0 Å². The van der Waals surface area contributed by atoms with Crippen molar-refractivity contribution in [1.29, 1.82) is 0 Å². The molecule has 16 rings (SSSR count). The van der Waals surface area contributed by atoms with Crippen molar-refractivity contribution < 1.29 is 21.1 Å². The van der Waals surface area contributed by atoms with Gasteiger partial charge < -0.3 is 0 Å². The predicted molar refractivity (Wildman–Crippen MR) is 375 cm³/mol. The average Bonchev–Trinajstić information content (AvgIpc) is 4.55. The SMILES string of the molecule is ClCCl.[Pt+2].c1ccc([PH+](CC[PH+](c2ccccc2)c2ccccc2)c2ccccc2)cc1.c1ccc2[c](c1)[Ge][c]1ccccc1-2.c1ccc2[c](c1)[Ge][c]1ccccc1-2.c1ccc2[c](c1)[Ge][c]1ccccc1-2.c1ccc2[c](c1)[Ge][c]1ccccc1-2. The topological polar surface area (TPSA) is 0 Å². The number of rotatable bonds is 7. The number of benzene rings is 12. The van der Waals surface area contributed by atoms with Crippen LogP contribution < -0.4 is 56.4 Å². The van der Waals surface area contributed by atoms with Crippen LogP contribution in [0.1, 0.15) is 0 Å². The zero-order chi connectivity index (χ0) is 56.4. The van der Waals surface area contributed by atoms with Gasteiger partial charge in [-0.2, -0.15) is 0 Å². The van der Waals surface area contributed by atoms with Crippen LogP contribution in [0.4, 0.5) is 0 Å². The molecule has 0 fully saturated rings. The Kier molecular flexibility index (Phi) is 23.7. The second kappa shape index (κ2) is 32.1. The molecule has 12 aromatic rings. The van der Waals surface area contributed by atoms with Gasteiger partial charge in [0.1, 0.15) is 12.3 Å². The molecule has 9 heteroatoms. The number of fused-ring (bicyclic) bond motifs is 12. The molecular formula is C75H60Cl2Ge4P2Pt+4. The van der Waals surface area contributed by atoms with Gasteiger partial charge in [0, 0.05) is 0 Å². The molecule has 0 amide bonds. The molecule has 0 aliphatic carbocycles. The number of hydrogen-bond acceptors (Lipinski definition) is 0. The molecule has 0 aromatic heterocycles. The second-order valence-electron chi connectivity index (χ2n) is 19.9. The zero-order valence-corrected chi connectivity index (χ0v) is 60.4. The van der Waals surface area contributed by atoms with E-state index in [1.165, 1.54) is 78.0 Å². The maximum atomic E-state index is 4.76.